The van der Waals surface area contributed by atoms with Crippen LogP contribution in [0.3, 0.4) is 0 Å². The van der Waals surface area contributed by atoms with Crippen LogP contribution in [0.15, 0.2) is 61.2 Å². The van der Waals surface area contributed by atoms with Crippen molar-refractivity contribution in [2.45, 2.75) is 26.1 Å². The van der Waals surface area contributed by atoms with Gasteiger partial charge in [-0.3, -0.25) is 0 Å². The molecule has 0 bridgehead atoms. The second kappa shape index (κ2) is 7.72. The van der Waals surface area contributed by atoms with Gasteiger partial charge < -0.3 is 15.0 Å². The minimum Gasteiger partial charge on any atom is -0.372 e. The number of morpholine rings is 1. The number of aromatic nitrogens is 3. The van der Waals surface area contributed by atoms with E-state index in [1.807, 2.05) is 54.9 Å². The molecule has 2 aromatic heterocycles. The van der Waals surface area contributed by atoms with Gasteiger partial charge in [0.1, 0.15) is 18.0 Å². The third-order valence-electron chi connectivity index (χ3n) is 4.55. The molecule has 6 heteroatoms. The lowest BCUT2D eigenvalue weighted by Crippen LogP contribution is -2.45. The highest BCUT2D eigenvalue weighted by Crippen LogP contribution is 2.28. The molecule has 1 aliphatic heterocycles. The fourth-order valence-corrected chi connectivity index (χ4v) is 3.41. The smallest absolute Gasteiger partial charge is 0.141 e. The van der Waals surface area contributed by atoms with Crippen LogP contribution in [0.4, 0.5) is 17.3 Å². The lowest BCUT2D eigenvalue weighted by molar-refractivity contribution is -0.00545. The lowest BCUT2D eigenvalue weighted by atomic mass is 10.1. The zero-order chi connectivity index (χ0) is 18.6. The Morgan fingerprint density at radius 2 is 1.74 bits per heavy atom. The quantitative estimate of drug-likeness (QED) is 0.760. The molecule has 4 rings (SSSR count). The summed E-state index contributed by atoms with van der Waals surface area (Å²) in [5.41, 5.74) is 2.92. The molecule has 0 spiro atoms. The van der Waals surface area contributed by atoms with Crippen molar-refractivity contribution < 1.29 is 4.74 Å². The summed E-state index contributed by atoms with van der Waals surface area (Å²) in [5.74, 6) is 1.73. The molecular formula is C21H23N5O. The van der Waals surface area contributed by atoms with E-state index in [1.54, 1.807) is 6.33 Å². The first-order valence-corrected chi connectivity index (χ1v) is 9.18. The number of pyridine rings is 1. The number of hydrogen-bond donors (Lipinski definition) is 1. The van der Waals surface area contributed by atoms with Gasteiger partial charge in [0.25, 0.3) is 0 Å². The standard InChI is InChI=1S/C21H23N5O/c1-15-12-26(13-16(2)27-15)20-9-8-18(10-23-20)25-21-19(11-22-14-24-21)17-6-4-3-5-7-17/h3-11,14-16H,12-13H2,1-2H3,(H,22,24,25). The molecule has 27 heavy (non-hydrogen) atoms. The topological polar surface area (TPSA) is 63.2 Å². The number of nitrogens with one attached hydrogen (secondary N) is 1. The fraction of sp³-hybridized carbons (Fsp3) is 0.286. The monoisotopic (exact) mass is 361 g/mol. The molecule has 138 valence electrons. The van der Waals surface area contributed by atoms with Crippen LogP contribution in [0, 0.1) is 0 Å². The molecule has 0 aliphatic carbocycles. The molecule has 3 heterocycles. The fourth-order valence-electron chi connectivity index (χ4n) is 3.41. The van der Waals surface area contributed by atoms with Gasteiger partial charge in [-0.1, -0.05) is 30.3 Å². The molecule has 1 fully saturated rings. The highest BCUT2D eigenvalue weighted by molar-refractivity contribution is 5.77. The van der Waals surface area contributed by atoms with Gasteiger partial charge in [-0.15, -0.1) is 0 Å². The van der Waals surface area contributed by atoms with Crippen LogP contribution in [-0.2, 0) is 4.74 Å². The Balaban J connectivity index is 1.53. The molecule has 1 N–H and O–H groups in total. The number of hydrogen-bond acceptors (Lipinski definition) is 6. The number of rotatable bonds is 4. The third kappa shape index (κ3) is 4.06. The van der Waals surface area contributed by atoms with E-state index in [2.05, 4.69) is 39.0 Å². The van der Waals surface area contributed by atoms with E-state index in [9.17, 15) is 0 Å². The molecular weight excluding hydrogens is 338 g/mol. The molecule has 0 radical (unpaired) electrons. The summed E-state index contributed by atoms with van der Waals surface area (Å²) in [7, 11) is 0. The van der Waals surface area contributed by atoms with Crippen molar-refractivity contribution >= 4 is 17.3 Å². The van der Waals surface area contributed by atoms with Crippen LogP contribution in [0.1, 0.15) is 13.8 Å². The predicted molar refractivity (Wildman–Crippen MR) is 107 cm³/mol. The van der Waals surface area contributed by atoms with Crippen LogP contribution in [0.25, 0.3) is 11.1 Å². The van der Waals surface area contributed by atoms with Crippen LogP contribution in [0.5, 0.6) is 0 Å². The summed E-state index contributed by atoms with van der Waals surface area (Å²) in [6.07, 6.45) is 5.64. The van der Waals surface area contributed by atoms with Gasteiger partial charge in [-0.05, 0) is 31.5 Å². The summed E-state index contributed by atoms with van der Waals surface area (Å²) in [5, 5.41) is 3.36. The number of ether oxygens (including phenoxy) is 1. The molecule has 1 aromatic carbocycles. The van der Waals surface area contributed by atoms with Crippen molar-refractivity contribution in [3.63, 3.8) is 0 Å². The van der Waals surface area contributed by atoms with Crippen molar-refractivity contribution in [3.8, 4) is 11.1 Å². The van der Waals surface area contributed by atoms with Gasteiger partial charge in [-0.25, -0.2) is 15.0 Å². The molecule has 2 unspecified atom stereocenters. The van der Waals surface area contributed by atoms with Crippen LogP contribution >= 0.6 is 0 Å². The average molecular weight is 361 g/mol. The van der Waals surface area contributed by atoms with Crippen molar-refractivity contribution in [2.24, 2.45) is 0 Å². The van der Waals surface area contributed by atoms with Crippen LogP contribution in [0.2, 0.25) is 0 Å². The normalized spacial score (nSPS) is 19.7. The molecule has 6 nitrogen and oxygen atoms in total. The molecule has 2 atom stereocenters. The van der Waals surface area contributed by atoms with Crippen LogP contribution < -0.4 is 10.2 Å². The van der Waals surface area contributed by atoms with Gasteiger partial charge >= 0.3 is 0 Å². The van der Waals surface area contributed by atoms with Gasteiger partial charge in [0, 0.05) is 24.8 Å². The minimum atomic E-state index is 0.211. The number of anilines is 3. The lowest BCUT2D eigenvalue weighted by Gasteiger charge is -2.36. The van der Waals surface area contributed by atoms with Crippen molar-refractivity contribution in [3.05, 3.63) is 61.2 Å². The number of benzene rings is 1. The molecule has 3 aromatic rings. The first-order chi connectivity index (χ1) is 13.2. The van der Waals surface area contributed by atoms with E-state index in [1.165, 1.54) is 0 Å². The second-order valence-electron chi connectivity index (χ2n) is 6.84. The van der Waals surface area contributed by atoms with Crippen molar-refractivity contribution in [1.29, 1.82) is 0 Å². The van der Waals surface area contributed by atoms with Gasteiger partial charge in [0.05, 0.1) is 24.1 Å². The van der Waals surface area contributed by atoms with Gasteiger partial charge in [-0.2, -0.15) is 0 Å². The Labute approximate surface area is 159 Å². The average Bonchev–Trinajstić information content (AvgIpc) is 2.69. The third-order valence-corrected chi connectivity index (χ3v) is 4.55. The predicted octanol–water partition coefficient (Wildman–Crippen LogP) is 3.90. The molecule has 1 aliphatic rings. The Bertz CT molecular complexity index is 875. The Kier molecular flexibility index (Phi) is 4.98. The van der Waals surface area contributed by atoms with E-state index in [0.29, 0.717) is 0 Å². The Hall–Kier alpha value is -2.99. The molecule has 0 amide bonds. The summed E-state index contributed by atoms with van der Waals surface area (Å²) in [6.45, 7) is 5.90. The van der Waals surface area contributed by atoms with Gasteiger partial charge in [0.15, 0.2) is 0 Å². The van der Waals surface area contributed by atoms with Crippen molar-refractivity contribution in [2.75, 3.05) is 23.3 Å². The van der Waals surface area contributed by atoms with E-state index in [-0.39, 0.29) is 12.2 Å². The van der Waals surface area contributed by atoms with E-state index in [4.69, 9.17) is 4.74 Å². The SMILES string of the molecule is CC1CN(c2ccc(Nc3ncncc3-c3ccccc3)cn2)CC(C)O1. The van der Waals surface area contributed by atoms with Gasteiger partial charge in [0.2, 0.25) is 0 Å². The molecule has 0 saturated carbocycles. The zero-order valence-electron chi connectivity index (χ0n) is 15.5. The maximum absolute atomic E-state index is 5.80. The summed E-state index contributed by atoms with van der Waals surface area (Å²) in [6, 6.07) is 14.2. The maximum Gasteiger partial charge on any atom is 0.141 e. The largest absolute Gasteiger partial charge is 0.372 e. The Morgan fingerprint density at radius 3 is 2.44 bits per heavy atom. The highest BCUT2D eigenvalue weighted by Gasteiger charge is 2.23. The minimum absolute atomic E-state index is 0.211. The highest BCUT2D eigenvalue weighted by atomic mass is 16.5. The summed E-state index contributed by atoms with van der Waals surface area (Å²) >= 11 is 0. The van der Waals surface area contributed by atoms with Crippen molar-refractivity contribution in [1.82, 2.24) is 15.0 Å². The van der Waals surface area contributed by atoms with E-state index in [0.717, 1.165) is 41.5 Å². The van der Waals surface area contributed by atoms with E-state index < -0.39 is 0 Å². The van der Waals surface area contributed by atoms with E-state index >= 15 is 0 Å². The van der Waals surface area contributed by atoms with Crippen LogP contribution in [-0.4, -0.2) is 40.2 Å². The first-order valence-electron chi connectivity index (χ1n) is 9.18. The summed E-state index contributed by atoms with van der Waals surface area (Å²) in [4.78, 5) is 15.5. The first kappa shape index (κ1) is 17.4. The Morgan fingerprint density at radius 1 is 0.963 bits per heavy atom. The molecule has 1 saturated heterocycles. The second-order valence-corrected chi connectivity index (χ2v) is 6.84. The number of nitrogens with zero attached hydrogens (tertiary/aromatic N) is 4. The maximum atomic E-state index is 5.80. The zero-order valence-corrected chi connectivity index (χ0v) is 15.5. The summed E-state index contributed by atoms with van der Waals surface area (Å²) < 4.78 is 5.80.